The number of amides is 2. The van der Waals surface area contributed by atoms with E-state index in [0.717, 1.165) is 5.56 Å². The third kappa shape index (κ3) is 3.11. The number of nitrogens with zero attached hydrogens (tertiary/aromatic N) is 2. The molecule has 1 heterocycles. The first-order chi connectivity index (χ1) is 10.1. The van der Waals surface area contributed by atoms with Crippen molar-refractivity contribution in [2.75, 3.05) is 13.1 Å². The van der Waals surface area contributed by atoms with Gasteiger partial charge in [-0.3, -0.25) is 19.8 Å². The monoisotopic (exact) mass is 285 g/mol. The molecule has 1 aliphatic heterocycles. The predicted molar refractivity (Wildman–Crippen MR) is 78.0 cm³/mol. The molecule has 0 aliphatic carbocycles. The van der Waals surface area contributed by atoms with Crippen LogP contribution in [0.5, 0.6) is 0 Å². The minimum Gasteiger partial charge on any atom is -0.296 e. The molecule has 5 nitrogen and oxygen atoms in total. The second-order valence-corrected chi connectivity index (χ2v) is 5.10. The number of carbonyl (C=O) groups is 2. The number of benzene rings is 1. The molecule has 0 saturated carbocycles. The van der Waals surface area contributed by atoms with Gasteiger partial charge in [0.05, 0.1) is 6.07 Å². The Bertz CT molecular complexity index is 549. The first kappa shape index (κ1) is 15.2. The summed E-state index contributed by atoms with van der Waals surface area (Å²) in [4.78, 5) is 24.6. The van der Waals surface area contributed by atoms with E-state index in [1.165, 1.54) is 4.90 Å². The van der Waals surface area contributed by atoms with Crippen molar-refractivity contribution < 1.29 is 9.59 Å². The summed E-state index contributed by atoms with van der Waals surface area (Å²) in [5.74, 6) is -0.284. The van der Waals surface area contributed by atoms with E-state index in [-0.39, 0.29) is 31.2 Å². The number of nitrogens with one attached hydrogen (secondary N) is 1. The van der Waals surface area contributed by atoms with Gasteiger partial charge in [-0.25, -0.2) is 0 Å². The molecule has 5 heteroatoms. The summed E-state index contributed by atoms with van der Waals surface area (Å²) < 4.78 is 0. The smallest absolute Gasteiger partial charge is 0.229 e. The van der Waals surface area contributed by atoms with Gasteiger partial charge in [0.25, 0.3) is 0 Å². The molecular formula is C16H19N3O2. The highest BCUT2D eigenvalue weighted by molar-refractivity contribution is 6.01. The fraction of sp³-hybridized carbons (Fsp3) is 0.438. The van der Waals surface area contributed by atoms with E-state index in [0.29, 0.717) is 13.0 Å². The van der Waals surface area contributed by atoms with Gasteiger partial charge < -0.3 is 0 Å². The normalized spacial score (nSPS) is 17.6. The minimum atomic E-state index is -0.876. The molecule has 1 aromatic carbocycles. The highest BCUT2D eigenvalue weighted by Gasteiger charge is 2.35. The predicted octanol–water partition coefficient (Wildman–Crippen LogP) is 1.55. The molecular weight excluding hydrogens is 266 g/mol. The fourth-order valence-corrected chi connectivity index (χ4v) is 2.67. The summed E-state index contributed by atoms with van der Waals surface area (Å²) in [6, 6.07) is 11.8. The molecule has 1 atom stereocenters. The van der Waals surface area contributed by atoms with E-state index >= 15 is 0 Å². The van der Waals surface area contributed by atoms with Gasteiger partial charge in [-0.15, -0.1) is 0 Å². The fourth-order valence-electron chi connectivity index (χ4n) is 2.67. The van der Waals surface area contributed by atoms with Crippen LogP contribution in [0.25, 0.3) is 0 Å². The largest absolute Gasteiger partial charge is 0.296 e. The molecule has 21 heavy (non-hydrogen) atoms. The van der Waals surface area contributed by atoms with Gasteiger partial charge in [0.2, 0.25) is 11.8 Å². The van der Waals surface area contributed by atoms with Crippen LogP contribution in [-0.2, 0) is 15.1 Å². The Kier molecular flexibility index (Phi) is 4.71. The lowest BCUT2D eigenvalue weighted by molar-refractivity contribution is -0.138. The zero-order valence-corrected chi connectivity index (χ0v) is 12.1. The first-order valence-corrected chi connectivity index (χ1v) is 7.18. The quantitative estimate of drug-likeness (QED) is 0.805. The minimum absolute atomic E-state index is 0.142. The van der Waals surface area contributed by atoms with Crippen molar-refractivity contribution >= 4 is 11.8 Å². The Morgan fingerprint density at radius 1 is 1.24 bits per heavy atom. The topological polar surface area (TPSA) is 73.2 Å². The molecule has 1 N–H and O–H groups in total. The second-order valence-electron chi connectivity index (χ2n) is 5.10. The third-order valence-corrected chi connectivity index (χ3v) is 3.80. The van der Waals surface area contributed by atoms with E-state index in [4.69, 9.17) is 0 Å². The van der Waals surface area contributed by atoms with Crippen LogP contribution >= 0.6 is 0 Å². The third-order valence-electron chi connectivity index (χ3n) is 3.80. The summed E-state index contributed by atoms with van der Waals surface area (Å²) in [5, 5.41) is 12.9. The number of hydrogen-bond donors (Lipinski definition) is 1. The molecule has 2 rings (SSSR count). The van der Waals surface area contributed by atoms with Crippen molar-refractivity contribution in [3.05, 3.63) is 35.9 Å². The molecule has 1 fully saturated rings. The van der Waals surface area contributed by atoms with E-state index in [1.54, 1.807) is 0 Å². The highest BCUT2D eigenvalue weighted by atomic mass is 16.2. The second kappa shape index (κ2) is 6.51. The molecule has 1 unspecified atom stereocenters. The summed E-state index contributed by atoms with van der Waals surface area (Å²) >= 11 is 0. The average Bonchev–Trinajstić information content (AvgIpc) is 2.83. The van der Waals surface area contributed by atoms with Crippen molar-refractivity contribution in [1.82, 2.24) is 10.2 Å². The van der Waals surface area contributed by atoms with Crippen LogP contribution in [0.1, 0.15) is 31.7 Å². The van der Waals surface area contributed by atoms with Gasteiger partial charge in [-0.05, 0) is 12.1 Å². The molecule has 0 bridgehead atoms. The Balaban J connectivity index is 2.19. The van der Waals surface area contributed by atoms with E-state index in [9.17, 15) is 14.9 Å². The number of rotatable bonds is 6. The standard InChI is InChI=1S/C16H19N3O2/c1-2-18-16(12-17,13-6-4-3-5-7-13)10-11-19-14(20)8-9-15(19)21/h3-7,18H,2,8-11H2,1H3. The number of imide groups is 1. The Morgan fingerprint density at radius 2 is 1.86 bits per heavy atom. The molecule has 1 aromatic rings. The maximum atomic E-state index is 11.7. The lowest BCUT2D eigenvalue weighted by atomic mass is 9.87. The Hall–Kier alpha value is -2.19. The van der Waals surface area contributed by atoms with Crippen LogP contribution < -0.4 is 5.32 Å². The average molecular weight is 285 g/mol. The van der Waals surface area contributed by atoms with Crippen LogP contribution in [-0.4, -0.2) is 29.8 Å². The van der Waals surface area contributed by atoms with Crippen molar-refractivity contribution in [1.29, 1.82) is 5.26 Å². The molecule has 0 radical (unpaired) electrons. The van der Waals surface area contributed by atoms with E-state index in [1.807, 2.05) is 37.3 Å². The number of carbonyl (C=O) groups excluding carboxylic acids is 2. The van der Waals surface area contributed by atoms with Crippen LogP contribution in [0.4, 0.5) is 0 Å². The molecule has 110 valence electrons. The summed E-state index contributed by atoms with van der Waals surface area (Å²) in [6.07, 6.45) is 0.953. The van der Waals surface area contributed by atoms with Gasteiger partial charge in [0.15, 0.2) is 0 Å². The highest BCUT2D eigenvalue weighted by Crippen LogP contribution is 2.26. The molecule has 1 aliphatic rings. The number of hydrogen-bond acceptors (Lipinski definition) is 4. The zero-order chi connectivity index (χ0) is 15.3. The van der Waals surface area contributed by atoms with Crippen LogP contribution in [0.3, 0.4) is 0 Å². The van der Waals surface area contributed by atoms with E-state index in [2.05, 4.69) is 11.4 Å². The maximum Gasteiger partial charge on any atom is 0.229 e. The van der Waals surface area contributed by atoms with Crippen LogP contribution in [0.2, 0.25) is 0 Å². The van der Waals surface area contributed by atoms with Gasteiger partial charge in [0, 0.05) is 25.8 Å². The molecule has 1 saturated heterocycles. The van der Waals surface area contributed by atoms with Gasteiger partial charge >= 0.3 is 0 Å². The Morgan fingerprint density at radius 3 is 2.38 bits per heavy atom. The lowest BCUT2D eigenvalue weighted by Crippen LogP contribution is -2.44. The summed E-state index contributed by atoms with van der Waals surface area (Å²) in [5.41, 5.74) is -0.0208. The summed E-state index contributed by atoms with van der Waals surface area (Å²) in [7, 11) is 0. The van der Waals surface area contributed by atoms with Crippen molar-refractivity contribution in [3.8, 4) is 6.07 Å². The van der Waals surface area contributed by atoms with Crippen molar-refractivity contribution in [2.45, 2.75) is 31.7 Å². The number of likely N-dealkylation sites (tertiary alicyclic amines) is 1. The van der Waals surface area contributed by atoms with E-state index < -0.39 is 5.54 Å². The van der Waals surface area contributed by atoms with Gasteiger partial charge in [-0.2, -0.15) is 5.26 Å². The van der Waals surface area contributed by atoms with Crippen LogP contribution in [0.15, 0.2) is 30.3 Å². The van der Waals surface area contributed by atoms with Crippen LogP contribution in [0, 0.1) is 11.3 Å². The zero-order valence-electron chi connectivity index (χ0n) is 12.1. The molecule has 0 aromatic heterocycles. The molecule has 0 spiro atoms. The van der Waals surface area contributed by atoms with Crippen molar-refractivity contribution in [2.24, 2.45) is 0 Å². The lowest BCUT2D eigenvalue weighted by Gasteiger charge is -2.29. The first-order valence-electron chi connectivity index (χ1n) is 7.18. The number of nitriles is 1. The molecule has 2 amide bonds. The Labute approximate surface area is 124 Å². The summed E-state index contributed by atoms with van der Waals surface area (Å²) in [6.45, 7) is 2.83. The van der Waals surface area contributed by atoms with Gasteiger partial charge in [-0.1, -0.05) is 37.3 Å². The SMILES string of the molecule is CCNC(C#N)(CCN1C(=O)CCC1=O)c1ccccc1. The van der Waals surface area contributed by atoms with Gasteiger partial charge in [0.1, 0.15) is 5.54 Å². The van der Waals surface area contributed by atoms with Crippen molar-refractivity contribution in [3.63, 3.8) is 0 Å². The maximum absolute atomic E-state index is 11.7.